The standard InChI is InChI=1S/C27H40F3N3O/c1-18-6-5-11-33(17-18)24-15-21(27(28,29)30)7-8-22(24)19-9-12-32(13-10-19)25(34)23-14-20(23)16-31-26(2,3)4/h7-8,15,18-20,23,31H,5-6,9-14,16-17H2,1-4H3. The molecule has 0 spiro atoms. The zero-order valence-electron chi connectivity index (χ0n) is 21.0. The van der Waals surface area contributed by atoms with Crippen LogP contribution in [0.4, 0.5) is 18.9 Å². The largest absolute Gasteiger partial charge is 0.416 e. The van der Waals surface area contributed by atoms with Crippen LogP contribution in [0, 0.1) is 17.8 Å². The predicted molar refractivity (Wildman–Crippen MR) is 130 cm³/mol. The first kappa shape index (κ1) is 25.3. The number of amides is 1. The fourth-order valence-corrected chi connectivity index (χ4v) is 5.61. The van der Waals surface area contributed by atoms with Gasteiger partial charge < -0.3 is 15.1 Å². The van der Waals surface area contributed by atoms with Gasteiger partial charge in [0.1, 0.15) is 0 Å². The minimum atomic E-state index is -4.34. The highest BCUT2D eigenvalue weighted by Crippen LogP contribution is 2.43. The van der Waals surface area contributed by atoms with E-state index in [1.807, 2.05) is 4.90 Å². The van der Waals surface area contributed by atoms with Gasteiger partial charge in [0.15, 0.2) is 0 Å². The second-order valence-corrected chi connectivity index (χ2v) is 11.8. The first-order valence-corrected chi connectivity index (χ1v) is 12.9. The van der Waals surface area contributed by atoms with E-state index >= 15 is 0 Å². The van der Waals surface area contributed by atoms with Gasteiger partial charge in [0.2, 0.25) is 5.91 Å². The van der Waals surface area contributed by atoms with Gasteiger partial charge in [-0.1, -0.05) is 13.0 Å². The van der Waals surface area contributed by atoms with Crippen molar-refractivity contribution in [2.45, 2.75) is 77.4 Å². The van der Waals surface area contributed by atoms with Crippen molar-refractivity contribution in [2.24, 2.45) is 17.8 Å². The molecule has 3 unspecified atom stereocenters. The van der Waals surface area contributed by atoms with Gasteiger partial charge in [-0.3, -0.25) is 4.79 Å². The number of nitrogens with zero attached hydrogens (tertiary/aromatic N) is 2. The summed E-state index contributed by atoms with van der Waals surface area (Å²) in [5.74, 6) is 1.48. The van der Waals surface area contributed by atoms with E-state index in [4.69, 9.17) is 0 Å². The van der Waals surface area contributed by atoms with E-state index in [9.17, 15) is 18.0 Å². The predicted octanol–water partition coefficient (Wildman–Crippen LogP) is 5.67. The number of nitrogens with one attached hydrogen (secondary N) is 1. The second kappa shape index (κ2) is 9.71. The molecule has 0 aromatic heterocycles. The molecule has 3 fully saturated rings. The Morgan fingerprint density at radius 2 is 1.79 bits per heavy atom. The molecule has 1 saturated carbocycles. The van der Waals surface area contributed by atoms with Gasteiger partial charge in [-0.2, -0.15) is 13.2 Å². The number of carbonyl (C=O) groups excluding carboxylic acids is 1. The lowest BCUT2D eigenvalue weighted by Gasteiger charge is -2.38. The summed E-state index contributed by atoms with van der Waals surface area (Å²) < 4.78 is 40.5. The number of anilines is 1. The maximum absolute atomic E-state index is 13.5. The fourth-order valence-electron chi connectivity index (χ4n) is 5.61. The number of halogens is 3. The molecular weight excluding hydrogens is 439 g/mol. The molecule has 3 atom stereocenters. The minimum Gasteiger partial charge on any atom is -0.371 e. The number of piperidine rings is 2. The molecule has 34 heavy (non-hydrogen) atoms. The SMILES string of the molecule is CC1CCCN(c2cc(C(F)(F)F)ccc2C2CCN(C(=O)C3CC3CNC(C)(C)C)CC2)C1. The van der Waals surface area contributed by atoms with E-state index in [1.165, 1.54) is 12.1 Å². The second-order valence-electron chi connectivity index (χ2n) is 11.8. The highest BCUT2D eigenvalue weighted by atomic mass is 19.4. The van der Waals surface area contributed by atoms with Crippen LogP contribution in [-0.2, 0) is 11.0 Å². The number of benzene rings is 1. The van der Waals surface area contributed by atoms with E-state index in [-0.39, 0.29) is 23.3 Å². The van der Waals surface area contributed by atoms with Gasteiger partial charge in [-0.25, -0.2) is 0 Å². The van der Waals surface area contributed by atoms with Crippen molar-refractivity contribution in [3.05, 3.63) is 29.3 Å². The number of carbonyl (C=O) groups is 1. The molecule has 0 bridgehead atoms. The molecule has 1 amide bonds. The first-order valence-electron chi connectivity index (χ1n) is 12.9. The Bertz CT molecular complexity index is 871. The van der Waals surface area contributed by atoms with Gasteiger partial charge in [-0.05, 0) is 94.9 Å². The van der Waals surface area contributed by atoms with Crippen LogP contribution < -0.4 is 10.2 Å². The van der Waals surface area contributed by atoms with Gasteiger partial charge in [-0.15, -0.1) is 0 Å². The Morgan fingerprint density at radius 3 is 2.41 bits per heavy atom. The third kappa shape index (κ3) is 6.07. The molecule has 190 valence electrons. The lowest BCUT2D eigenvalue weighted by molar-refractivity contribution is -0.137. The monoisotopic (exact) mass is 479 g/mol. The fraction of sp³-hybridized carbons (Fsp3) is 0.741. The maximum Gasteiger partial charge on any atom is 0.416 e. The number of hydrogen-bond donors (Lipinski definition) is 1. The van der Waals surface area contributed by atoms with Gasteiger partial charge in [0.25, 0.3) is 0 Å². The van der Waals surface area contributed by atoms with Crippen molar-refractivity contribution >= 4 is 11.6 Å². The molecule has 4 nitrogen and oxygen atoms in total. The molecule has 7 heteroatoms. The summed E-state index contributed by atoms with van der Waals surface area (Å²) in [6.07, 6.45) is 0.372. The molecule has 1 N–H and O–H groups in total. The summed E-state index contributed by atoms with van der Waals surface area (Å²) in [5.41, 5.74) is 1.26. The molecule has 2 aliphatic heterocycles. The number of hydrogen-bond acceptors (Lipinski definition) is 3. The Kier molecular flexibility index (Phi) is 7.24. The van der Waals surface area contributed by atoms with Gasteiger partial charge in [0.05, 0.1) is 5.56 Å². The van der Waals surface area contributed by atoms with Crippen LogP contribution in [0.5, 0.6) is 0 Å². The van der Waals surface area contributed by atoms with Crippen LogP contribution in [0.2, 0.25) is 0 Å². The van der Waals surface area contributed by atoms with Crippen LogP contribution in [0.3, 0.4) is 0 Å². The topological polar surface area (TPSA) is 35.6 Å². The average Bonchev–Trinajstić information content (AvgIpc) is 3.56. The van der Waals surface area contributed by atoms with Crippen molar-refractivity contribution in [2.75, 3.05) is 37.6 Å². The van der Waals surface area contributed by atoms with E-state index < -0.39 is 11.7 Å². The van der Waals surface area contributed by atoms with Crippen molar-refractivity contribution < 1.29 is 18.0 Å². The smallest absolute Gasteiger partial charge is 0.371 e. The van der Waals surface area contributed by atoms with Crippen molar-refractivity contribution in [1.29, 1.82) is 0 Å². The number of alkyl halides is 3. The number of likely N-dealkylation sites (tertiary alicyclic amines) is 1. The molecule has 4 rings (SSSR count). The first-order chi connectivity index (χ1) is 15.9. The highest BCUT2D eigenvalue weighted by Gasteiger charge is 2.45. The molecular formula is C27H40F3N3O. The molecule has 1 aliphatic carbocycles. The minimum absolute atomic E-state index is 0.0556. The molecule has 2 saturated heterocycles. The zero-order chi connectivity index (χ0) is 24.7. The summed E-state index contributed by atoms with van der Waals surface area (Å²) in [4.78, 5) is 17.2. The van der Waals surface area contributed by atoms with Crippen LogP contribution >= 0.6 is 0 Å². The van der Waals surface area contributed by atoms with Crippen LogP contribution in [0.1, 0.15) is 76.8 Å². The molecule has 3 aliphatic rings. The van der Waals surface area contributed by atoms with Crippen molar-refractivity contribution in [1.82, 2.24) is 10.2 Å². The lowest BCUT2D eigenvalue weighted by Crippen LogP contribution is -2.41. The summed E-state index contributed by atoms with van der Waals surface area (Å²) >= 11 is 0. The Hall–Kier alpha value is -1.76. The highest BCUT2D eigenvalue weighted by molar-refractivity contribution is 5.82. The summed E-state index contributed by atoms with van der Waals surface area (Å²) in [6, 6.07) is 4.30. The molecule has 1 aromatic carbocycles. The zero-order valence-corrected chi connectivity index (χ0v) is 21.0. The van der Waals surface area contributed by atoms with E-state index in [2.05, 4.69) is 37.9 Å². The molecule has 1 aromatic rings. The summed E-state index contributed by atoms with van der Waals surface area (Å²) in [6.45, 7) is 12.4. The van der Waals surface area contributed by atoms with E-state index in [1.54, 1.807) is 6.07 Å². The Balaban J connectivity index is 1.41. The van der Waals surface area contributed by atoms with Crippen molar-refractivity contribution in [3.63, 3.8) is 0 Å². The summed E-state index contributed by atoms with van der Waals surface area (Å²) in [5, 5.41) is 3.50. The quantitative estimate of drug-likeness (QED) is 0.591. The van der Waals surface area contributed by atoms with E-state index in [0.717, 1.165) is 63.0 Å². The number of rotatable bonds is 5. The third-order valence-corrected chi connectivity index (χ3v) is 7.74. The Labute approximate surface area is 202 Å². The van der Waals surface area contributed by atoms with Crippen LogP contribution in [-0.4, -0.2) is 49.1 Å². The lowest BCUT2D eigenvalue weighted by atomic mass is 9.86. The van der Waals surface area contributed by atoms with Gasteiger partial charge >= 0.3 is 6.18 Å². The normalized spacial score (nSPS) is 26.6. The maximum atomic E-state index is 13.5. The third-order valence-electron chi connectivity index (χ3n) is 7.74. The van der Waals surface area contributed by atoms with Crippen molar-refractivity contribution in [3.8, 4) is 0 Å². The Morgan fingerprint density at radius 1 is 1.09 bits per heavy atom. The molecule has 2 heterocycles. The van der Waals surface area contributed by atoms with Crippen LogP contribution in [0.25, 0.3) is 0 Å². The molecule has 0 radical (unpaired) electrons. The van der Waals surface area contributed by atoms with Crippen LogP contribution in [0.15, 0.2) is 18.2 Å². The van der Waals surface area contributed by atoms with Gasteiger partial charge in [0, 0.05) is 43.3 Å². The average molecular weight is 480 g/mol. The summed E-state index contributed by atoms with van der Waals surface area (Å²) in [7, 11) is 0. The van der Waals surface area contributed by atoms with E-state index in [0.29, 0.717) is 24.9 Å².